The Kier molecular flexibility index (Phi) is 2.84. The molecule has 0 amide bonds. The van der Waals surface area contributed by atoms with Gasteiger partial charge >= 0.3 is 5.97 Å². The van der Waals surface area contributed by atoms with Crippen LogP contribution in [0, 0.1) is 11.8 Å². The molecule has 78 valence electrons. The van der Waals surface area contributed by atoms with E-state index in [-0.39, 0.29) is 0 Å². The molecule has 0 aliphatic rings. The summed E-state index contributed by atoms with van der Waals surface area (Å²) in [7, 11) is 1.31. The highest BCUT2D eigenvalue weighted by molar-refractivity contribution is 5.91. The molecule has 1 aromatic heterocycles. The van der Waals surface area contributed by atoms with Crippen molar-refractivity contribution in [3.63, 3.8) is 0 Å². The Labute approximate surface area is 93.1 Å². The lowest BCUT2D eigenvalue weighted by atomic mass is 10.1. The van der Waals surface area contributed by atoms with Crippen LogP contribution in [0.5, 0.6) is 0 Å². The van der Waals surface area contributed by atoms with Gasteiger partial charge in [-0.15, -0.1) is 0 Å². The molecule has 3 nitrogen and oxygen atoms in total. The summed E-state index contributed by atoms with van der Waals surface area (Å²) in [6.07, 6.45) is 1.72. The maximum Gasteiger partial charge on any atom is 0.384 e. The van der Waals surface area contributed by atoms with Crippen LogP contribution in [0.3, 0.4) is 0 Å². The van der Waals surface area contributed by atoms with Crippen molar-refractivity contribution in [1.29, 1.82) is 0 Å². The summed E-state index contributed by atoms with van der Waals surface area (Å²) in [5, 5.41) is 0.932. The van der Waals surface area contributed by atoms with Crippen molar-refractivity contribution in [2.75, 3.05) is 7.11 Å². The van der Waals surface area contributed by atoms with Crippen LogP contribution in [0.15, 0.2) is 36.5 Å². The molecule has 2 rings (SSSR count). The summed E-state index contributed by atoms with van der Waals surface area (Å²) < 4.78 is 4.46. The molecule has 16 heavy (non-hydrogen) atoms. The number of hydrogen-bond acceptors (Lipinski definition) is 3. The van der Waals surface area contributed by atoms with E-state index in [1.165, 1.54) is 7.11 Å². The zero-order chi connectivity index (χ0) is 11.4. The van der Waals surface area contributed by atoms with Crippen molar-refractivity contribution in [1.82, 2.24) is 4.98 Å². The zero-order valence-corrected chi connectivity index (χ0v) is 8.73. The molecule has 0 aliphatic carbocycles. The van der Waals surface area contributed by atoms with Crippen LogP contribution in [0.1, 0.15) is 5.56 Å². The quantitative estimate of drug-likeness (QED) is 0.492. The fraction of sp³-hybridized carbons (Fsp3) is 0.0769. The van der Waals surface area contributed by atoms with Crippen LogP contribution in [0.25, 0.3) is 10.9 Å². The Morgan fingerprint density at radius 3 is 3.00 bits per heavy atom. The van der Waals surface area contributed by atoms with E-state index in [1.54, 1.807) is 6.20 Å². The van der Waals surface area contributed by atoms with Crippen LogP contribution in [0.2, 0.25) is 0 Å². The van der Waals surface area contributed by atoms with Gasteiger partial charge in [0, 0.05) is 23.1 Å². The molecule has 3 heteroatoms. The molecule has 0 unspecified atom stereocenters. The summed E-state index contributed by atoms with van der Waals surface area (Å²) in [5.74, 6) is 4.63. The minimum Gasteiger partial charge on any atom is -0.459 e. The summed E-state index contributed by atoms with van der Waals surface area (Å²) in [6, 6.07) is 9.37. The Morgan fingerprint density at radius 1 is 1.31 bits per heavy atom. The molecular weight excluding hydrogens is 202 g/mol. The Balaban J connectivity index is 2.51. The van der Waals surface area contributed by atoms with E-state index < -0.39 is 5.97 Å². The number of ether oxygens (including phenoxy) is 1. The fourth-order valence-electron chi connectivity index (χ4n) is 1.38. The topological polar surface area (TPSA) is 39.2 Å². The average molecular weight is 211 g/mol. The molecule has 0 fully saturated rings. The number of pyridine rings is 1. The summed E-state index contributed by atoms with van der Waals surface area (Å²) in [6.45, 7) is 0. The standard InChI is InChI=1S/C13H9NO2/c1-16-13(15)8-7-10-4-2-6-12-11(10)5-3-9-14-12/h2-6,9H,1H3. The maximum absolute atomic E-state index is 10.9. The third kappa shape index (κ3) is 2.01. The summed E-state index contributed by atoms with van der Waals surface area (Å²) in [4.78, 5) is 15.1. The van der Waals surface area contributed by atoms with Crippen molar-refractivity contribution >= 4 is 16.9 Å². The average Bonchev–Trinajstić information content (AvgIpc) is 2.35. The van der Waals surface area contributed by atoms with Gasteiger partial charge in [-0.1, -0.05) is 18.1 Å². The number of aromatic nitrogens is 1. The first-order valence-electron chi connectivity index (χ1n) is 4.75. The molecule has 0 saturated carbocycles. The van der Waals surface area contributed by atoms with E-state index in [9.17, 15) is 4.79 Å². The molecule has 0 radical (unpaired) electrons. The van der Waals surface area contributed by atoms with Crippen LogP contribution >= 0.6 is 0 Å². The van der Waals surface area contributed by atoms with Gasteiger partial charge in [-0.3, -0.25) is 4.98 Å². The van der Waals surface area contributed by atoms with Gasteiger partial charge in [-0.25, -0.2) is 4.79 Å². The summed E-state index contributed by atoms with van der Waals surface area (Å²) >= 11 is 0. The van der Waals surface area contributed by atoms with Gasteiger partial charge in [0.2, 0.25) is 0 Å². The molecule has 1 aromatic carbocycles. The van der Waals surface area contributed by atoms with Gasteiger partial charge in [-0.2, -0.15) is 0 Å². The minimum absolute atomic E-state index is 0.541. The van der Waals surface area contributed by atoms with Crippen LogP contribution in [-0.2, 0) is 9.53 Å². The first-order valence-corrected chi connectivity index (χ1v) is 4.75. The lowest BCUT2D eigenvalue weighted by Crippen LogP contribution is -1.94. The lowest BCUT2D eigenvalue weighted by molar-refractivity contribution is -0.133. The molecule has 0 aliphatic heterocycles. The lowest BCUT2D eigenvalue weighted by Gasteiger charge is -1.98. The number of carbonyl (C=O) groups excluding carboxylic acids is 1. The van der Waals surface area contributed by atoms with Gasteiger partial charge in [0.15, 0.2) is 0 Å². The Morgan fingerprint density at radius 2 is 2.19 bits per heavy atom. The number of hydrogen-bond donors (Lipinski definition) is 0. The number of benzene rings is 1. The molecule has 0 N–H and O–H groups in total. The van der Waals surface area contributed by atoms with E-state index in [4.69, 9.17) is 0 Å². The molecule has 0 saturated heterocycles. The van der Waals surface area contributed by atoms with Crippen LogP contribution in [0.4, 0.5) is 0 Å². The van der Waals surface area contributed by atoms with E-state index in [0.29, 0.717) is 0 Å². The molecule has 0 bridgehead atoms. The highest BCUT2D eigenvalue weighted by Gasteiger charge is 1.98. The van der Waals surface area contributed by atoms with Crippen molar-refractivity contribution < 1.29 is 9.53 Å². The highest BCUT2D eigenvalue weighted by Crippen LogP contribution is 2.14. The molecule has 2 aromatic rings. The zero-order valence-electron chi connectivity index (χ0n) is 8.73. The van der Waals surface area contributed by atoms with E-state index in [1.807, 2.05) is 30.3 Å². The Hall–Kier alpha value is -2.34. The number of methoxy groups -OCH3 is 1. The SMILES string of the molecule is COC(=O)C#Cc1cccc2ncccc12. The molecule has 0 atom stereocenters. The van der Waals surface area contributed by atoms with Gasteiger partial charge < -0.3 is 4.74 Å². The first kappa shape index (κ1) is 10.2. The van der Waals surface area contributed by atoms with E-state index in [0.717, 1.165) is 16.5 Å². The van der Waals surface area contributed by atoms with Gasteiger partial charge in [0.05, 0.1) is 12.6 Å². The van der Waals surface area contributed by atoms with Gasteiger partial charge in [-0.05, 0) is 18.2 Å². The van der Waals surface area contributed by atoms with Gasteiger partial charge in [0.1, 0.15) is 0 Å². The van der Waals surface area contributed by atoms with E-state index >= 15 is 0 Å². The molecule has 0 spiro atoms. The fourth-order valence-corrected chi connectivity index (χ4v) is 1.38. The van der Waals surface area contributed by atoms with Crippen molar-refractivity contribution in [3.8, 4) is 11.8 Å². The second kappa shape index (κ2) is 4.45. The van der Waals surface area contributed by atoms with E-state index in [2.05, 4.69) is 21.6 Å². The third-order valence-corrected chi connectivity index (χ3v) is 2.13. The first-order chi connectivity index (χ1) is 7.81. The smallest absolute Gasteiger partial charge is 0.384 e. The molecule has 1 heterocycles. The third-order valence-electron chi connectivity index (χ3n) is 2.13. The van der Waals surface area contributed by atoms with Gasteiger partial charge in [0.25, 0.3) is 0 Å². The number of nitrogens with zero attached hydrogens (tertiary/aromatic N) is 1. The Bertz CT molecular complexity index is 588. The predicted octanol–water partition coefficient (Wildman–Crippen LogP) is 1.76. The highest BCUT2D eigenvalue weighted by atomic mass is 16.5. The van der Waals surface area contributed by atoms with Crippen LogP contribution in [-0.4, -0.2) is 18.1 Å². The normalized spacial score (nSPS) is 9.31. The maximum atomic E-state index is 10.9. The minimum atomic E-state index is -0.541. The number of carbonyl (C=O) groups is 1. The largest absolute Gasteiger partial charge is 0.459 e. The second-order valence-corrected chi connectivity index (χ2v) is 3.12. The van der Waals surface area contributed by atoms with Crippen molar-refractivity contribution in [3.05, 3.63) is 42.1 Å². The molecular formula is C13H9NO2. The predicted molar refractivity (Wildman–Crippen MR) is 60.6 cm³/mol. The van der Waals surface area contributed by atoms with Crippen LogP contribution < -0.4 is 0 Å². The van der Waals surface area contributed by atoms with Crippen molar-refractivity contribution in [2.45, 2.75) is 0 Å². The summed E-state index contributed by atoms with van der Waals surface area (Å²) in [5.41, 5.74) is 1.63. The number of rotatable bonds is 0. The number of fused-ring (bicyclic) bond motifs is 1. The second-order valence-electron chi connectivity index (χ2n) is 3.12. The number of esters is 1. The monoisotopic (exact) mass is 211 g/mol. The van der Waals surface area contributed by atoms with Crippen molar-refractivity contribution in [2.24, 2.45) is 0 Å².